The van der Waals surface area contributed by atoms with Gasteiger partial charge in [-0.1, -0.05) is 6.92 Å². The van der Waals surface area contributed by atoms with Crippen LogP contribution in [0.2, 0.25) is 0 Å². The molecule has 1 aromatic rings. The SMILES string of the molecule is CCC(C)(C)OC(CN)c1ccco1. The van der Waals surface area contributed by atoms with Gasteiger partial charge in [-0.05, 0) is 32.4 Å². The van der Waals surface area contributed by atoms with Gasteiger partial charge in [0.25, 0.3) is 0 Å². The van der Waals surface area contributed by atoms with E-state index in [1.807, 2.05) is 12.1 Å². The minimum absolute atomic E-state index is 0.139. The fraction of sp³-hybridized carbons (Fsp3) is 0.636. The summed E-state index contributed by atoms with van der Waals surface area (Å²) in [4.78, 5) is 0. The molecule has 3 nitrogen and oxygen atoms in total. The van der Waals surface area contributed by atoms with Crippen molar-refractivity contribution in [1.29, 1.82) is 0 Å². The van der Waals surface area contributed by atoms with E-state index in [1.54, 1.807) is 6.26 Å². The summed E-state index contributed by atoms with van der Waals surface area (Å²) < 4.78 is 11.1. The maximum Gasteiger partial charge on any atom is 0.133 e. The van der Waals surface area contributed by atoms with Crippen molar-refractivity contribution in [2.75, 3.05) is 6.54 Å². The van der Waals surface area contributed by atoms with Crippen LogP contribution >= 0.6 is 0 Å². The van der Waals surface area contributed by atoms with Crippen molar-refractivity contribution in [3.8, 4) is 0 Å². The zero-order valence-corrected chi connectivity index (χ0v) is 9.12. The van der Waals surface area contributed by atoms with Crippen LogP contribution in [0.1, 0.15) is 39.1 Å². The number of nitrogens with two attached hydrogens (primary N) is 1. The second-order valence-corrected chi connectivity index (χ2v) is 3.97. The lowest BCUT2D eigenvalue weighted by Crippen LogP contribution is -2.29. The second-order valence-electron chi connectivity index (χ2n) is 3.97. The van der Waals surface area contributed by atoms with E-state index < -0.39 is 0 Å². The van der Waals surface area contributed by atoms with Gasteiger partial charge in [0.1, 0.15) is 11.9 Å². The van der Waals surface area contributed by atoms with Gasteiger partial charge in [0, 0.05) is 6.54 Å². The molecule has 0 radical (unpaired) electrons. The van der Waals surface area contributed by atoms with Gasteiger partial charge in [-0.15, -0.1) is 0 Å². The molecule has 80 valence electrons. The van der Waals surface area contributed by atoms with E-state index in [0.29, 0.717) is 6.54 Å². The third-order valence-corrected chi connectivity index (χ3v) is 2.39. The predicted octanol–water partition coefficient (Wildman–Crippen LogP) is 2.48. The number of hydrogen-bond donors (Lipinski definition) is 1. The van der Waals surface area contributed by atoms with E-state index in [-0.39, 0.29) is 11.7 Å². The first kappa shape index (κ1) is 11.3. The summed E-state index contributed by atoms with van der Waals surface area (Å²) in [7, 11) is 0. The molecule has 1 atom stereocenters. The Hall–Kier alpha value is -0.800. The van der Waals surface area contributed by atoms with E-state index in [4.69, 9.17) is 14.9 Å². The fourth-order valence-electron chi connectivity index (χ4n) is 1.17. The topological polar surface area (TPSA) is 48.4 Å². The van der Waals surface area contributed by atoms with Crippen molar-refractivity contribution >= 4 is 0 Å². The molecule has 0 spiro atoms. The third kappa shape index (κ3) is 2.86. The molecule has 0 saturated heterocycles. The first-order valence-corrected chi connectivity index (χ1v) is 5.00. The van der Waals surface area contributed by atoms with Gasteiger partial charge in [-0.3, -0.25) is 0 Å². The fourth-order valence-corrected chi connectivity index (χ4v) is 1.17. The highest BCUT2D eigenvalue weighted by atomic mass is 16.5. The van der Waals surface area contributed by atoms with Crippen molar-refractivity contribution in [3.63, 3.8) is 0 Å². The molecule has 1 aromatic heterocycles. The summed E-state index contributed by atoms with van der Waals surface area (Å²) in [6, 6.07) is 3.74. The lowest BCUT2D eigenvalue weighted by molar-refractivity contribution is -0.0790. The molecule has 1 rings (SSSR count). The van der Waals surface area contributed by atoms with Crippen molar-refractivity contribution in [1.82, 2.24) is 0 Å². The number of ether oxygens (including phenoxy) is 1. The highest BCUT2D eigenvalue weighted by Crippen LogP contribution is 2.25. The highest BCUT2D eigenvalue weighted by Gasteiger charge is 2.23. The molecule has 0 saturated carbocycles. The van der Waals surface area contributed by atoms with Crippen LogP contribution in [0.5, 0.6) is 0 Å². The average Bonchev–Trinajstić information content (AvgIpc) is 2.67. The van der Waals surface area contributed by atoms with Crippen molar-refractivity contribution in [2.24, 2.45) is 5.73 Å². The molecule has 0 aliphatic heterocycles. The molecular formula is C11H19NO2. The monoisotopic (exact) mass is 197 g/mol. The molecule has 0 bridgehead atoms. The lowest BCUT2D eigenvalue weighted by Gasteiger charge is -2.28. The Bertz CT molecular complexity index is 254. The van der Waals surface area contributed by atoms with Crippen LogP contribution in [-0.4, -0.2) is 12.1 Å². The van der Waals surface area contributed by atoms with Crippen molar-refractivity contribution in [3.05, 3.63) is 24.2 Å². The zero-order chi connectivity index (χ0) is 10.6. The van der Waals surface area contributed by atoms with Gasteiger partial charge in [-0.25, -0.2) is 0 Å². The van der Waals surface area contributed by atoms with Gasteiger partial charge >= 0.3 is 0 Å². The molecule has 1 unspecified atom stereocenters. The minimum Gasteiger partial charge on any atom is -0.467 e. The lowest BCUT2D eigenvalue weighted by atomic mass is 10.1. The molecule has 3 heteroatoms. The first-order chi connectivity index (χ1) is 6.59. The van der Waals surface area contributed by atoms with Crippen LogP contribution in [0.15, 0.2) is 22.8 Å². The van der Waals surface area contributed by atoms with Gasteiger partial charge in [0.2, 0.25) is 0 Å². The zero-order valence-electron chi connectivity index (χ0n) is 9.12. The summed E-state index contributed by atoms with van der Waals surface area (Å²) in [6.07, 6.45) is 2.45. The second kappa shape index (κ2) is 4.62. The van der Waals surface area contributed by atoms with E-state index >= 15 is 0 Å². The first-order valence-electron chi connectivity index (χ1n) is 5.00. The molecule has 0 amide bonds. The van der Waals surface area contributed by atoms with Crippen LogP contribution in [0.3, 0.4) is 0 Å². The molecular weight excluding hydrogens is 178 g/mol. The van der Waals surface area contributed by atoms with Crippen LogP contribution in [0, 0.1) is 0 Å². The van der Waals surface area contributed by atoms with Crippen molar-refractivity contribution in [2.45, 2.75) is 38.9 Å². The predicted molar refractivity (Wildman–Crippen MR) is 56.0 cm³/mol. The number of furan rings is 1. The summed E-state index contributed by atoms with van der Waals surface area (Å²) in [5.41, 5.74) is 5.48. The Labute approximate surface area is 85.2 Å². The Morgan fingerprint density at radius 3 is 2.71 bits per heavy atom. The average molecular weight is 197 g/mol. The van der Waals surface area contributed by atoms with E-state index in [0.717, 1.165) is 12.2 Å². The summed E-state index contributed by atoms with van der Waals surface area (Å²) in [5.74, 6) is 0.800. The normalized spacial score (nSPS) is 14.3. The van der Waals surface area contributed by atoms with Gasteiger partial charge in [-0.2, -0.15) is 0 Å². The number of hydrogen-bond acceptors (Lipinski definition) is 3. The maximum atomic E-state index is 5.86. The molecule has 14 heavy (non-hydrogen) atoms. The van der Waals surface area contributed by atoms with Gasteiger partial charge < -0.3 is 14.9 Å². The molecule has 0 fully saturated rings. The summed E-state index contributed by atoms with van der Waals surface area (Å²) >= 11 is 0. The highest BCUT2D eigenvalue weighted by molar-refractivity contribution is 5.03. The quantitative estimate of drug-likeness (QED) is 0.788. The van der Waals surface area contributed by atoms with E-state index in [2.05, 4.69) is 20.8 Å². The van der Waals surface area contributed by atoms with Crippen LogP contribution in [-0.2, 0) is 4.74 Å². The number of rotatable bonds is 5. The molecule has 1 heterocycles. The molecule has 0 aromatic carbocycles. The Kier molecular flexibility index (Phi) is 3.72. The smallest absolute Gasteiger partial charge is 0.133 e. The van der Waals surface area contributed by atoms with Gasteiger partial charge in [0.15, 0.2) is 0 Å². The van der Waals surface area contributed by atoms with E-state index in [1.165, 1.54) is 0 Å². The molecule has 2 N–H and O–H groups in total. The van der Waals surface area contributed by atoms with Crippen LogP contribution in [0.25, 0.3) is 0 Å². The maximum absolute atomic E-state index is 5.86. The Morgan fingerprint density at radius 2 is 2.29 bits per heavy atom. The molecule has 0 aliphatic rings. The standard InChI is InChI=1S/C11H19NO2/c1-4-11(2,3)14-10(8-12)9-6-5-7-13-9/h5-7,10H,4,8,12H2,1-3H3. The van der Waals surface area contributed by atoms with Gasteiger partial charge in [0.05, 0.1) is 11.9 Å². The Morgan fingerprint density at radius 1 is 1.57 bits per heavy atom. The van der Waals surface area contributed by atoms with Crippen molar-refractivity contribution < 1.29 is 9.15 Å². The molecule has 0 aliphatic carbocycles. The van der Waals surface area contributed by atoms with Crippen LogP contribution < -0.4 is 5.73 Å². The largest absolute Gasteiger partial charge is 0.467 e. The summed E-state index contributed by atoms with van der Waals surface area (Å²) in [5, 5.41) is 0. The van der Waals surface area contributed by atoms with Crippen LogP contribution in [0.4, 0.5) is 0 Å². The summed E-state index contributed by atoms with van der Waals surface area (Å²) in [6.45, 7) is 6.64. The Balaban J connectivity index is 2.65. The minimum atomic E-state index is -0.156. The van der Waals surface area contributed by atoms with E-state index in [9.17, 15) is 0 Å². The third-order valence-electron chi connectivity index (χ3n) is 2.39.